The minimum absolute atomic E-state index is 0.146. The van der Waals surface area contributed by atoms with E-state index in [1.807, 2.05) is 0 Å². The average Bonchev–Trinajstić information content (AvgIpc) is 2.58. The van der Waals surface area contributed by atoms with Crippen LogP contribution in [0.4, 0.5) is 8.78 Å². The van der Waals surface area contributed by atoms with E-state index in [-0.39, 0.29) is 27.2 Å². The number of H-pyrrole nitrogens is 1. The summed E-state index contributed by atoms with van der Waals surface area (Å²) < 4.78 is 27.6. The van der Waals surface area contributed by atoms with Gasteiger partial charge in [-0.1, -0.05) is 15.9 Å². The van der Waals surface area contributed by atoms with Crippen molar-refractivity contribution in [3.05, 3.63) is 39.6 Å². The molecule has 1 aromatic carbocycles. The molecule has 94 valence electrons. The number of nitrogens with one attached hydrogen (secondary N) is 1. The number of benzene rings is 1. The summed E-state index contributed by atoms with van der Waals surface area (Å²) in [6.07, 6.45) is 0. The normalized spacial score (nSPS) is 10.7. The summed E-state index contributed by atoms with van der Waals surface area (Å²) in [6, 6.07) is 2.16. The van der Waals surface area contributed by atoms with E-state index in [9.17, 15) is 13.6 Å². The molecule has 2 N–H and O–H groups in total. The Morgan fingerprint density at radius 1 is 1.39 bits per heavy atom. The number of carboxylic acid groups (broad SMARTS) is 1. The van der Waals surface area contributed by atoms with Crippen LogP contribution in [-0.2, 0) is 0 Å². The molecule has 0 saturated carbocycles. The molecule has 0 aliphatic rings. The lowest BCUT2D eigenvalue weighted by molar-refractivity contribution is 0.0690. The highest BCUT2D eigenvalue weighted by atomic mass is 79.9. The highest BCUT2D eigenvalue weighted by Gasteiger charge is 2.20. The Bertz CT molecular complexity index is 617. The Labute approximate surface area is 109 Å². The van der Waals surface area contributed by atoms with Gasteiger partial charge in [-0.25, -0.2) is 18.6 Å². The minimum Gasteiger partial charge on any atom is -0.476 e. The van der Waals surface area contributed by atoms with Crippen molar-refractivity contribution in [2.24, 2.45) is 0 Å². The second kappa shape index (κ2) is 4.49. The molecular weight excluding hydrogens is 310 g/mol. The Balaban J connectivity index is 2.63. The fourth-order valence-corrected chi connectivity index (χ4v) is 1.96. The van der Waals surface area contributed by atoms with Crippen LogP contribution in [-0.4, -0.2) is 21.0 Å². The SMILES string of the molecule is Cc1[nH]c(-c2c(F)cc(Br)cc2F)nc1C(=O)O. The lowest BCUT2D eigenvalue weighted by Gasteiger charge is -2.02. The van der Waals surface area contributed by atoms with Gasteiger partial charge in [-0.2, -0.15) is 0 Å². The van der Waals surface area contributed by atoms with Crippen molar-refractivity contribution in [1.82, 2.24) is 9.97 Å². The fraction of sp³-hybridized carbons (Fsp3) is 0.0909. The zero-order chi connectivity index (χ0) is 13.4. The Kier molecular flexibility index (Phi) is 3.16. The van der Waals surface area contributed by atoms with Crippen LogP contribution in [0.15, 0.2) is 16.6 Å². The Hall–Kier alpha value is -1.76. The number of halogens is 3. The number of carboxylic acids is 1. The van der Waals surface area contributed by atoms with E-state index in [1.54, 1.807) is 0 Å². The lowest BCUT2D eigenvalue weighted by Crippen LogP contribution is -1.99. The van der Waals surface area contributed by atoms with Crippen LogP contribution in [0, 0.1) is 18.6 Å². The fourth-order valence-electron chi connectivity index (χ4n) is 1.56. The van der Waals surface area contributed by atoms with Gasteiger partial charge in [0.15, 0.2) is 5.69 Å². The number of rotatable bonds is 2. The zero-order valence-corrected chi connectivity index (χ0v) is 10.7. The van der Waals surface area contributed by atoms with Gasteiger partial charge in [0.25, 0.3) is 0 Å². The van der Waals surface area contributed by atoms with Crippen LogP contribution in [0.3, 0.4) is 0 Å². The van der Waals surface area contributed by atoms with Crippen molar-refractivity contribution in [2.45, 2.75) is 6.92 Å². The van der Waals surface area contributed by atoms with Crippen molar-refractivity contribution in [3.8, 4) is 11.4 Å². The highest BCUT2D eigenvalue weighted by Crippen LogP contribution is 2.27. The smallest absolute Gasteiger partial charge is 0.356 e. The topological polar surface area (TPSA) is 66.0 Å². The molecule has 0 unspecified atom stereocenters. The summed E-state index contributed by atoms with van der Waals surface area (Å²) in [5.41, 5.74) is -0.403. The summed E-state index contributed by atoms with van der Waals surface area (Å²) in [4.78, 5) is 17.0. The molecule has 0 bridgehead atoms. The predicted octanol–water partition coefficient (Wildman–Crippen LogP) is 3.12. The molecule has 0 spiro atoms. The van der Waals surface area contributed by atoms with Crippen molar-refractivity contribution in [3.63, 3.8) is 0 Å². The van der Waals surface area contributed by atoms with Crippen LogP contribution < -0.4 is 0 Å². The van der Waals surface area contributed by atoms with Gasteiger partial charge in [0.2, 0.25) is 0 Å². The van der Waals surface area contributed by atoms with Crippen molar-refractivity contribution < 1.29 is 18.7 Å². The van der Waals surface area contributed by atoms with Gasteiger partial charge in [0.1, 0.15) is 17.5 Å². The van der Waals surface area contributed by atoms with E-state index in [2.05, 4.69) is 25.9 Å². The first-order valence-corrected chi connectivity index (χ1v) is 5.64. The first kappa shape index (κ1) is 12.7. The summed E-state index contributed by atoms with van der Waals surface area (Å²) in [5, 5.41) is 8.83. The van der Waals surface area contributed by atoms with Crippen molar-refractivity contribution in [2.75, 3.05) is 0 Å². The van der Waals surface area contributed by atoms with Gasteiger partial charge in [-0.3, -0.25) is 0 Å². The predicted molar refractivity (Wildman–Crippen MR) is 63.3 cm³/mol. The lowest BCUT2D eigenvalue weighted by atomic mass is 10.2. The number of hydrogen-bond acceptors (Lipinski definition) is 2. The zero-order valence-electron chi connectivity index (χ0n) is 9.09. The third-order valence-electron chi connectivity index (χ3n) is 2.33. The standard InChI is InChI=1S/C11H7BrF2N2O2/c1-4-9(11(17)18)16-10(15-4)8-6(13)2-5(12)3-7(8)14/h2-3H,1H3,(H,15,16)(H,17,18). The monoisotopic (exact) mass is 316 g/mol. The van der Waals surface area contributed by atoms with E-state index in [0.29, 0.717) is 0 Å². The third-order valence-corrected chi connectivity index (χ3v) is 2.79. The molecule has 0 atom stereocenters. The van der Waals surface area contributed by atoms with Crippen LogP contribution in [0.25, 0.3) is 11.4 Å². The van der Waals surface area contributed by atoms with E-state index in [0.717, 1.165) is 12.1 Å². The molecule has 1 aromatic heterocycles. The molecule has 4 nitrogen and oxygen atoms in total. The molecule has 7 heteroatoms. The number of aryl methyl sites for hydroxylation is 1. The number of imidazole rings is 1. The van der Waals surface area contributed by atoms with Crippen LogP contribution in [0.1, 0.15) is 16.2 Å². The molecule has 1 heterocycles. The maximum Gasteiger partial charge on any atom is 0.356 e. The number of hydrogen-bond donors (Lipinski definition) is 2. The summed E-state index contributed by atoms with van der Waals surface area (Å²) in [7, 11) is 0. The molecule has 0 aliphatic heterocycles. The van der Waals surface area contributed by atoms with Gasteiger partial charge in [0, 0.05) is 10.2 Å². The number of aromatic carboxylic acids is 1. The first-order valence-electron chi connectivity index (χ1n) is 4.85. The maximum absolute atomic E-state index is 13.7. The molecule has 2 rings (SSSR count). The van der Waals surface area contributed by atoms with Crippen LogP contribution in [0.2, 0.25) is 0 Å². The Morgan fingerprint density at radius 2 is 1.94 bits per heavy atom. The third kappa shape index (κ3) is 2.13. The van der Waals surface area contributed by atoms with E-state index in [1.165, 1.54) is 6.92 Å². The first-order chi connectivity index (χ1) is 8.40. The molecule has 0 saturated heterocycles. The maximum atomic E-state index is 13.7. The number of aromatic nitrogens is 2. The van der Waals surface area contributed by atoms with Crippen LogP contribution >= 0.6 is 15.9 Å². The quantitative estimate of drug-likeness (QED) is 0.894. The van der Waals surface area contributed by atoms with Crippen molar-refractivity contribution in [1.29, 1.82) is 0 Å². The molecule has 18 heavy (non-hydrogen) atoms. The second-order valence-electron chi connectivity index (χ2n) is 3.61. The molecule has 0 aliphatic carbocycles. The second-order valence-corrected chi connectivity index (χ2v) is 4.52. The number of aromatic amines is 1. The summed E-state index contributed by atoms with van der Waals surface area (Å²) in [6.45, 7) is 1.47. The molecule has 0 amide bonds. The molecule has 0 fully saturated rings. The van der Waals surface area contributed by atoms with Gasteiger partial charge >= 0.3 is 5.97 Å². The largest absolute Gasteiger partial charge is 0.476 e. The highest BCUT2D eigenvalue weighted by molar-refractivity contribution is 9.10. The molecule has 2 aromatic rings. The van der Waals surface area contributed by atoms with Crippen LogP contribution in [0.5, 0.6) is 0 Å². The van der Waals surface area contributed by atoms with Gasteiger partial charge in [0.05, 0.1) is 5.56 Å². The number of nitrogens with zero attached hydrogens (tertiary/aromatic N) is 1. The van der Waals surface area contributed by atoms with E-state index in [4.69, 9.17) is 5.11 Å². The number of carbonyl (C=O) groups is 1. The van der Waals surface area contributed by atoms with Crippen molar-refractivity contribution >= 4 is 21.9 Å². The molecule has 0 radical (unpaired) electrons. The van der Waals surface area contributed by atoms with Gasteiger partial charge < -0.3 is 10.1 Å². The molecular formula is C11H7BrF2N2O2. The average molecular weight is 317 g/mol. The van der Waals surface area contributed by atoms with Gasteiger partial charge in [-0.05, 0) is 19.1 Å². The minimum atomic E-state index is -1.26. The van der Waals surface area contributed by atoms with Gasteiger partial charge in [-0.15, -0.1) is 0 Å². The van der Waals surface area contributed by atoms with E-state index < -0.39 is 17.6 Å². The Morgan fingerprint density at radius 3 is 2.39 bits per heavy atom. The van der Waals surface area contributed by atoms with E-state index >= 15 is 0 Å². The summed E-state index contributed by atoms with van der Waals surface area (Å²) in [5.74, 6) is -3.06. The summed E-state index contributed by atoms with van der Waals surface area (Å²) >= 11 is 2.96.